The normalized spacial score (nSPS) is 18.4. The molecule has 5 nitrogen and oxygen atoms in total. The van der Waals surface area contributed by atoms with Gasteiger partial charge in [-0.15, -0.1) is 0 Å². The number of benzene rings is 1. The Morgan fingerprint density at radius 2 is 2.08 bits per heavy atom. The van der Waals surface area contributed by atoms with Crippen molar-refractivity contribution < 1.29 is 17.5 Å². The summed E-state index contributed by atoms with van der Waals surface area (Å²) in [6.07, 6.45) is 2.14. The molecule has 3 rings (SSSR count). The second kappa shape index (κ2) is 7.07. The summed E-state index contributed by atoms with van der Waals surface area (Å²) in [4.78, 5) is 6.16. The van der Waals surface area contributed by atoms with Gasteiger partial charge in [0.15, 0.2) is 9.84 Å². The van der Waals surface area contributed by atoms with Gasteiger partial charge in [0.2, 0.25) is 0 Å². The Kier molecular flexibility index (Phi) is 5.20. The number of ether oxygens (including phenoxy) is 1. The number of anilines is 1. The Balaban J connectivity index is 1.94. The highest BCUT2D eigenvalue weighted by Crippen LogP contribution is 2.34. The van der Waals surface area contributed by atoms with E-state index in [9.17, 15) is 12.8 Å². The monoisotopic (exact) mass is 404 g/mol. The van der Waals surface area contributed by atoms with Gasteiger partial charge in [0, 0.05) is 36.1 Å². The van der Waals surface area contributed by atoms with E-state index in [1.807, 2.05) is 0 Å². The molecule has 25 heavy (non-hydrogen) atoms. The lowest BCUT2D eigenvalue weighted by Crippen LogP contribution is -2.39. The molecule has 0 saturated carbocycles. The summed E-state index contributed by atoms with van der Waals surface area (Å²) < 4.78 is 43.5. The van der Waals surface area contributed by atoms with Gasteiger partial charge in [0.05, 0.1) is 11.6 Å². The van der Waals surface area contributed by atoms with E-state index in [1.54, 1.807) is 11.0 Å². The molecular formula is C16H15Cl2FN2O3S. The van der Waals surface area contributed by atoms with Gasteiger partial charge < -0.3 is 9.64 Å². The summed E-state index contributed by atoms with van der Waals surface area (Å²) in [7, 11) is -3.43. The molecule has 1 saturated heterocycles. The highest BCUT2D eigenvalue weighted by Gasteiger charge is 2.28. The molecule has 1 fully saturated rings. The van der Waals surface area contributed by atoms with Crippen LogP contribution in [-0.4, -0.2) is 39.4 Å². The molecule has 1 aliphatic heterocycles. The number of morpholine rings is 1. The SMILES string of the molecule is CS(=O)(=O)c1cccnc1N1CCOC(c2cc(F)c(Cl)cc2Cl)C1. The summed E-state index contributed by atoms with van der Waals surface area (Å²) in [6, 6.07) is 5.66. The third kappa shape index (κ3) is 3.89. The van der Waals surface area contributed by atoms with Crippen molar-refractivity contribution in [2.75, 3.05) is 30.9 Å². The van der Waals surface area contributed by atoms with E-state index in [-0.39, 0.29) is 9.92 Å². The molecule has 0 amide bonds. The van der Waals surface area contributed by atoms with Crippen molar-refractivity contribution in [3.63, 3.8) is 0 Å². The van der Waals surface area contributed by atoms with Crippen LogP contribution in [0.1, 0.15) is 11.7 Å². The van der Waals surface area contributed by atoms with Crippen molar-refractivity contribution in [2.24, 2.45) is 0 Å². The number of sulfone groups is 1. The van der Waals surface area contributed by atoms with Gasteiger partial charge in [-0.2, -0.15) is 0 Å². The maximum absolute atomic E-state index is 13.8. The second-order valence-corrected chi connectivity index (χ2v) is 8.49. The predicted molar refractivity (Wildman–Crippen MR) is 94.7 cm³/mol. The first kappa shape index (κ1) is 18.4. The highest BCUT2D eigenvalue weighted by atomic mass is 35.5. The molecule has 1 aromatic heterocycles. The maximum Gasteiger partial charge on any atom is 0.179 e. The molecule has 0 bridgehead atoms. The van der Waals surface area contributed by atoms with E-state index in [0.717, 1.165) is 6.26 Å². The molecule has 2 heterocycles. The Hall–Kier alpha value is -1.41. The molecule has 2 aromatic rings. The molecule has 1 aromatic carbocycles. The summed E-state index contributed by atoms with van der Waals surface area (Å²) in [5, 5.41) is 0.230. The quantitative estimate of drug-likeness (QED) is 0.732. The first-order valence-electron chi connectivity index (χ1n) is 7.43. The molecule has 0 radical (unpaired) electrons. The zero-order valence-corrected chi connectivity index (χ0v) is 15.6. The van der Waals surface area contributed by atoms with E-state index >= 15 is 0 Å². The Bertz CT molecular complexity index is 908. The molecule has 134 valence electrons. The van der Waals surface area contributed by atoms with Crippen LogP contribution >= 0.6 is 23.2 Å². The first-order valence-corrected chi connectivity index (χ1v) is 10.1. The smallest absolute Gasteiger partial charge is 0.179 e. The largest absolute Gasteiger partial charge is 0.370 e. The van der Waals surface area contributed by atoms with Crippen LogP contribution in [0.25, 0.3) is 0 Å². The molecule has 0 spiro atoms. The number of rotatable bonds is 3. The fourth-order valence-electron chi connectivity index (χ4n) is 2.72. The fraction of sp³-hybridized carbons (Fsp3) is 0.312. The fourth-order valence-corrected chi connectivity index (χ4v) is 4.07. The zero-order chi connectivity index (χ0) is 18.2. The minimum atomic E-state index is -3.43. The van der Waals surface area contributed by atoms with Crippen molar-refractivity contribution in [2.45, 2.75) is 11.0 Å². The average molecular weight is 405 g/mol. The number of aromatic nitrogens is 1. The zero-order valence-electron chi connectivity index (χ0n) is 13.2. The molecule has 1 atom stereocenters. The van der Waals surface area contributed by atoms with Crippen molar-refractivity contribution >= 4 is 38.9 Å². The highest BCUT2D eigenvalue weighted by molar-refractivity contribution is 7.90. The summed E-state index contributed by atoms with van der Waals surface area (Å²) in [5.74, 6) is -0.236. The van der Waals surface area contributed by atoms with E-state index in [2.05, 4.69) is 4.98 Å². The van der Waals surface area contributed by atoms with Crippen LogP contribution in [-0.2, 0) is 14.6 Å². The van der Waals surface area contributed by atoms with Crippen molar-refractivity contribution in [3.8, 4) is 0 Å². The van der Waals surface area contributed by atoms with Crippen molar-refractivity contribution in [1.82, 2.24) is 4.98 Å². The third-order valence-corrected chi connectivity index (χ3v) is 5.64. The molecule has 0 aliphatic carbocycles. The first-order chi connectivity index (χ1) is 11.8. The Labute approximate surface area is 155 Å². The van der Waals surface area contributed by atoms with Crippen molar-refractivity contribution in [1.29, 1.82) is 0 Å². The van der Waals surface area contributed by atoms with Crippen LogP contribution in [0, 0.1) is 5.82 Å². The second-order valence-electron chi connectivity index (χ2n) is 5.69. The van der Waals surface area contributed by atoms with E-state index in [0.29, 0.717) is 36.1 Å². The van der Waals surface area contributed by atoms with Gasteiger partial charge in [-0.05, 0) is 24.3 Å². The van der Waals surface area contributed by atoms with Crippen molar-refractivity contribution in [3.05, 3.63) is 51.9 Å². The summed E-state index contributed by atoms with van der Waals surface area (Å²) in [6.45, 7) is 1.08. The number of pyridine rings is 1. The van der Waals surface area contributed by atoms with Gasteiger partial charge in [-0.1, -0.05) is 23.2 Å². The standard InChI is InChI=1S/C16H15Cl2FN2O3S/c1-25(22,23)15-3-2-4-20-16(15)21-5-6-24-14(9-21)10-7-13(19)12(18)8-11(10)17/h2-4,7-8,14H,5-6,9H2,1H3. The number of hydrogen-bond acceptors (Lipinski definition) is 5. The lowest BCUT2D eigenvalue weighted by atomic mass is 10.1. The minimum absolute atomic E-state index is 0.0643. The Morgan fingerprint density at radius 3 is 2.80 bits per heavy atom. The summed E-state index contributed by atoms with van der Waals surface area (Å²) in [5.41, 5.74) is 0.463. The van der Waals surface area contributed by atoms with Gasteiger partial charge >= 0.3 is 0 Å². The third-order valence-electron chi connectivity index (χ3n) is 3.90. The van der Waals surface area contributed by atoms with Gasteiger partial charge in [-0.25, -0.2) is 17.8 Å². The van der Waals surface area contributed by atoms with Crippen LogP contribution < -0.4 is 4.90 Å². The van der Waals surface area contributed by atoms with Gasteiger partial charge in [-0.3, -0.25) is 0 Å². The molecule has 1 unspecified atom stereocenters. The number of halogens is 3. The lowest BCUT2D eigenvalue weighted by molar-refractivity contribution is 0.0392. The number of nitrogens with zero attached hydrogens (tertiary/aromatic N) is 2. The van der Waals surface area contributed by atoms with E-state index < -0.39 is 21.8 Å². The van der Waals surface area contributed by atoms with Gasteiger partial charge in [0.25, 0.3) is 0 Å². The van der Waals surface area contributed by atoms with Crippen LogP contribution in [0.15, 0.2) is 35.4 Å². The lowest BCUT2D eigenvalue weighted by Gasteiger charge is -2.35. The summed E-state index contributed by atoms with van der Waals surface area (Å²) >= 11 is 11.9. The topological polar surface area (TPSA) is 59.5 Å². The Morgan fingerprint density at radius 1 is 1.32 bits per heavy atom. The molecule has 9 heteroatoms. The maximum atomic E-state index is 13.8. The van der Waals surface area contributed by atoms with E-state index in [4.69, 9.17) is 27.9 Å². The molecular weight excluding hydrogens is 390 g/mol. The average Bonchev–Trinajstić information content (AvgIpc) is 2.57. The predicted octanol–water partition coefficient (Wildman–Crippen LogP) is 3.51. The van der Waals surface area contributed by atoms with Crippen LogP contribution in [0.2, 0.25) is 10.0 Å². The molecule has 0 N–H and O–H groups in total. The van der Waals surface area contributed by atoms with Crippen LogP contribution in [0.5, 0.6) is 0 Å². The van der Waals surface area contributed by atoms with E-state index in [1.165, 1.54) is 24.4 Å². The van der Waals surface area contributed by atoms with Crippen LogP contribution in [0.4, 0.5) is 10.2 Å². The molecule has 1 aliphatic rings. The van der Waals surface area contributed by atoms with Crippen LogP contribution in [0.3, 0.4) is 0 Å². The van der Waals surface area contributed by atoms with Gasteiger partial charge in [0.1, 0.15) is 22.6 Å². The minimum Gasteiger partial charge on any atom is -0.370 e. The number of hydrogen-bond donors (Lipinski definition) is 0.